The maximum absolute atomic E-state index is 5.30. The molecule has 2 aromatic rings. The number of nitrogens with one attached hydrogen (secondary N) is 2. The number of aryl methyl sites for hydroxylation is 2. The Morgan fingerprint density at radius 3 is 2.90 bits per heavy atom. The summed E-state index contributed by atoms with van der Waals surface area (Å²) in [6.07, 6.45) is 1.09. The van der Waals surface area contributed by atoms with Gasteiger partial charge in [-0.15, -0.1) is 0 Å². The van der Waals surface area contributed by atoms with Crippen LogP contribution in [0.2, 0.25) is 0 Å². The minimum atomic E-state index is 0.229. The summed E-state index contributed by atoms with van der Waals surface area (Å²) in [5.74, 6) is 0.910. The highest BCUT2D eigenvalue weighted by molar-refractivity contribution is 5.32. The molecule has 4 nitrogen and oxygen atoms in total. The average Bonchev–Trinajstić information content (AvgIpc) is 2.70. The van der Waals surface area contributed by atoms with Crippen molar-refractivity contribution in [1.29, 1.82) is 0 Å². The lowest BCUT2D eigenvalue weighted by molar-refractivity contribution is 0.387. The van der Waals surface area contributed by atoms with Gasteiger partial charge in [0.2, 0.25) is 0 Å². The van der Waals surface area contributed by atoms with Gasteiger partial charge in [-0.3, -0.25) is 0 Å². The second kappa shape index (κ2) is 6.00. The number of rotatable bonds is 3. The fourth-order valence-electron chi connectivity index (χ4n) is 3.33. The summed E-state index contributed by atoms with van der Waals surface area (Å²) in [6.45, 7) is 8.16. The Hall–Kier alpha value is -1.65. The van der Waals surface area contributed by atoms with Crippen molar-refractivity contribution in [3.63, 3.8) is 0 Å². The zero-order valence-corrected chi connectivity index (χ0v) is 12.9. The Bertz CT molecular complexity index is 601. The largest absolute Gasteiger partial charge is 0.361 e. The van der Waals surface area contributed by atoms with E-state index in [1.165, 1.54) is 16.7 Å². The fourth-order valence-corrected chi connectivity index (χ4v) is 3.33. The molecule has 1 aromatic heterocycles. The summed E-state index contributed by atoms with van der Waals surface area (Å²) < 4.78 is 5.30. The lowest BCUT2D eigenvalue weighted by Gasteiger charge is -2.24. The van der Waals surface area contributed by atoms with Crippen molar-refractivity contribution in [1.82, 2.24) is 15.8 Å². The first-order chi connectivity index (χ1) is 10.2. The number of nitrogens with zero attached hydrogens (tertiary/aromatic N) is 1. The number of hydrogen-bond donors (Lipinski definition) is 2. The van der Waals surface area contributed by atoms with E-state index in [1.807, 2.05) is 13.8 Å². The molecule has 0 bridgehead atoms. The minimum absolute atomic E-state index is 0.229. The molecule has 112 valence electrons. The molecule has 0 saturated heterocycles. The summed E-state index contributed by atoms with van der Waals surface area (Å²) in [5.41, 5.74) is 4.96. The van der Waals surface area contributed by atoms with Crippen LogP contribution >= 0.6 is 0 Å². The molecular formula is C17H23N3O. The van der Waals surface area contributed by atoms with Crippen molar-refractivity contribution in [3.05, 3.63) is 52.4 Å². The Kier molecular flexibility index (Phi) is 4.08. The van der Waals surface area contributed by atoms with E-state index in [1.54, 1.807) is 0 Å². The third-order valence-electron chi connectivity index (χ3n) is 4.33. The van der Waals surface area contributed by atoms with E-state index in [2.05, 4.69) is 47.0 Å². The molecule has 1 aliphatic rings. The minimum Gasteiger partial charge on any atom is -0.361 e. The molecule has 0 aliphatic carbocycles. The van der Waals surface area contributed by atoms with E-state index in [4.69, 9.17) is 4.52 Å². The van der Waals surface area contributed by atoms with Crippen molar-refractivity contribution in [3.8, 4) is 0 Å². The van der Waals surface area contributed by atoms with Crippen molar-refractivity contribution >= 4 is 0 Å². The summed E-state index contributed by atoms with van der Waals surface area (Å²) in [6, 6.07) is 9.27. The molecule has 0 amide bonds. The maximum Gasteiger partial charge on any atom is 0.138 e. The third-order valence-corrected chi connectivity index (χ3v) is 4.33. The molecule has 0 saturated carbocycles. The topological polar surface area (TPSA) is 50.1 Å². The molecule has 2 N–H and O–H groups in total. The molecular weight excluding hydrogens is 262 g/mol. The lowest BCUT2D eigenvalue weighted by Crippen LogP contribution is -2.26. The van der Waals surface area contributed by atoms with Gasteiger partial charge in [0, 0.05) is 24.2 Å². The molecule has 1 aliphatic heterocycles. The lowest BCUT2D eigenvalue weighted by atomic mass is 9.97. The smallest absolute Gasteiger partial charge is 0.138 e. The average molecular weight is 285 g/mol. The molecule has 1 aromatic carbocycles. The van der Waals surface area contributed by atoms with Crippen LogP contribution in [0.3, 0.4) is 0 Å². The van der Waals surface area contributed by atoms with Crippen molar-refractivity contribution in [2.24, 2.45) is 0 Å². The molecule has 21 heavy (non-hydrogen) atoms. The standard InChI is InChI=1S/C17H23N3O/c1-11(17-12(2)20-21-13(17)3)19-16-8-9-18-10-14-6-4-5-7-15(14)16/h4-7,11,16,18-19H,8-10H2,1-3H3. The summed E-state index contributed by atoms with van der Waals surface area (Å²) in [5, 5.41) is 11.3. The van der Waals surface area contributed by atoms with Gasteiger partial charge < -0.3 is 15.2 Å². The summed E-state index contributed by atoms with van der Waals surface area (Å²) in [4.78, 5) is 0. The first-order valence-corrected chi connectivity index (χ1v) is 7.64. The number of benzene rings is 1. The molecule has 0 spiro atoms. The number of hydrogen-bond acceptors (Lipinski definition) is 4. The maximum atomic E-state index is 5.30. The SMILES string of the molecule is Cc1noc(C)c1C(C)NC1CCNCc2ccccc21. The van der Waals surface area contributed by atoms with E-state index in [0.717, 1.165) is 31.0 Å². The number of aromatic nitrogens is 1. The molecule has 3 rings (SSSR count). The van der Waals surface area contributed by atoms with Crippen LogP contribution in [-0.4, -0.2) is 11.7 Å². The zero-order valence-electron chi connectivity index (χ0n) is 12.9. The number of fused-ring (bicyclic) bond motifs is 1. The van der Waals surface area contributed by atoms with Crippen LogP contribution in [0.4, 0.5) is 0 Å². The van der Waals surface area contributed by atoms with E-state index in [9.17, 15) is 0 Å². The van der Waals surface area contributed by atoms with Gasteiger partial charge in [0.15, 0.2) is 0 Å². The van der Waals surface area contributed by atoms with Crippen LogP contribution in [-0.2, 0) is 6.54 Å². The van der Waals surface area contributed by atoms with Gasteiger partial charge in [0.1, 0.15) is 5.76 Å². The monoisotopic (exact) mass is 285 g/mol. The Morgan fingerprint density at radius 2 is 2.14 bits per heavy atom. The quantitative estimate of drug-likeness (QED) is 0.909. The molecule has 0 fully saturated rings. The molecule has 2 unspecified atom stereocenters. The first-order valence-electron chi connectivity index (χ1n) is 7.64. The van der Waals surface area contributed by atoms with Gasteiger partial charge >= 0.3 is 0 Å². The van der Waals surface area contributed by atoms with Crippen molar-refractivity contribution in [2.45, 2.75) is 45.8 Å². The van der Waals surface area contributed by atoms with Gasteiger partial charge in [0.05, 0.1) is 5.69 Å². The van der Waals surface area contributed by atoms with Gasteiger partial charge in [0.25, 0.3) is 0 Å². The van der Waals surface area contributed by atoms with E-state index < -0.39 is 0 Å². The van der Waals surface area contributed by atoms with Crippen LogP contribution in [0, 0.1) is 13.8 Å². The highest BCUT2D eigenvalue weighted by Crippen LogP contribution is 2.28. The van der Waals surface area contributed by atoms with Crippen LogP contribution in [0.15, 0.2) is 28.8 Å². The van der Waals surface area contributed by atoms with Gasteiger partial charge in [-0.1, -0.05) is 29.4 Å². The predicted octanol–water partition coefficient (Wildman–Crippen LogP) is 3.18. The summed E-state index contributed by atoms with van der Waals surface area (Å²) >= 11 is 0. The van der Waals surface area contributed by atoms with Gasteiger partial charge in [-0.2, -0.15) is 0 Å². The van der Waals surface area contributed by atoms with Crippen LogP contribution in [0.25, 0.3) is 0 Å². The zero-order chi connectivity index (χ0) is 14.8. The van der Waals surface area contributed by atoms with Crippen molar-refractivity contribution < 1.29 is 4.52 Å². The van der Waals surface area contributed by atoms with Crippen LogP contribution < -0.4 is 10.6 Å². The third kappa shape index (κ3) is 2.87. The summed E-state index contributed by atoms with van der Waals surface area (Å²) in [7, 11) is 0. The second-order valence-corrected chi connectivity index (χ2v) is 5.84. The molecule has 2 atom stereocenters. The molecule has 2 heterocycles. The highest BCUT2D eigenvalue weighted by atomic mass is 16.5. The van der Waals surface area contributed by atoms with Gasteiger partial charge in [-0.05, 0) is 44.9 Å². The van der Waals surface area contributed by atoms with Crippen LogP contribution in [0.1, 0.15) is 53.6 Å². The second-order valence-electron chi connectivity index (χ2n) is 5.84. The van der Waals surface area contributed by atoms with Crippen LogP contribution in [0.5, 0.6) is 0 Å². The van der Waals surface area contributed by atoms with E-state index in [0.29, 0.717) is 6.04 Å². The van der Waals surface area contributed by atoms with Crippen molar-refractivity contribution in [2.75, 3.05) is 6.54 Å². The Morgan fingerprint density at radius 1 is 1.33 bits per heavy atom. The Labute approximate surface area is 125 Å². The van der Waals surface area contributed by atoms with Gasteiger partial charge in [-0.25, -0.2) is 0 Å². The highest BCUT2D eigenvalue weighted by Gasteiger charge is 2.23. The predicted molar refractivity (Wildman–Crippen MR) is 83.0 cm³/mol. The molecule has 4 heteroatoms. The Balaban J connectivity index is 1.84. The van der Waals surface area contributed by atoms with E-state index >= 15 is 0 Å². The normalized spacial score (nSPS) is 19.9. The van der Waals surface area contributed by atoms with E-state index in [-0.39, 0.29) is 6.04 Å². The fraction of sp³-hybridized carbons (Fsp3) is 0.471. The first kappa shape index (κ1) is 14.3. The molecule has 0 radical (unpaired) electrons.